The minimum atomic E-state index is -0.920. The lowest BCUT2D eigenvalue weighted by molar-refractivity contribution is 0.125. The minimum Gasteiger partial charge on any atom is -0.465 e. The Balaban J connectivity index is 1.47. The number of aryl methyl sites for hydroxylation is 1. The molecule has 0 radical (unpaired) electrons. The summed E-state index contributed by atoms with van der Waals surface area (Å²) in [6.45, 7) is 3.88. The van der Waals surface area contributed by atoms with Crippen LogP contribution in [-0.2, 0) is 4.74 Å². The number of fused-ring (bicyclic) bond motifs is 1. The van der Waals surface area contributed by atoms with Crippen LogP contribution < -0.4 is 10.1 Å². The Morgan fingerprint density at radius 3 is 2.68 bits per heavy atom. The molecular formula is C27H23F2N5O3. The fourth-order valence-corrected chi connectivity index (χ4v) is 4.25. The molecule has 2 atom stereocenters. The van der Waals surface area contributed by atoms with Crippen molar-refractivity contribution >= 4 is 22.7 Å². The Labute approximate surface area is 211 Å². The first-order chi connectivity index (χ1) is 17.9. The lowest BCUT2D eigenvalue weighted by atomic mass is 9.98. The van der Waals surface area contributed by atoms with Gasteiger partial charge in [0, 0.05) is 41.7 Å². The third-order valence-corrected chi connectivity index (χ3v) is 6.31. The molecule has 3 N–H and O–H groups in total. The van der Waals surface area contributed by atoms with Gasteiger partial charge in [0.2, 0.25) is 0 Å². The molecule has 37 heavy (non-hydrogen) atoms. The van der Waals surface area contributed by atoms with Gasteiger partial charge in [-0.2, -0.15) is 5.26 Å². The molecule has 2 aromatic heterocycles. The molecule has 10 heteroatoms. The monoisotopic (exact) mass is 503 g/mol. The van der Waals surface area contributed by atoms with Gasteiger partial charge in [-0.15, -0.1) is 0 Å². The predicted octanol–water partition coefficient (Wildman–Crippen LogP) is 5.28. The molecule has 3 heterocycles. The summed E-state index contributed by atoms with van der Waals surface area (Å²) in [5.74, 6) is -2.33. The molecule has 0 fully saturated rings. The van der Waals surface area contributed by atoms with E-state index in [9.17, 15) is 10.4 Å². The topological polar surface area (TPSA) is 116 Å². The van der Waals surface area contributed by atoms with Gasteiger partial charge in [0.25, 0.3) is 6.02 Å². The zero-order valence-electron chi connectivity index (χ0n) is 20.0. The van der Waals surface area contributed by atoms with Crippen LogP contribution in [0.5, 0.6) is 11.5 Å². The maximum Gasteiger partial charge on any atom is 0.289 e. The van der Waals surface area contributed by atoms with Crippen molar-refractivity contribution in [3.8, 4) is 28.7 Å². The summed E-state index contributed by atoms with van der Waals surface area (Å²) in [6, 6.07) is 11.0. The van der Waals surface area contributed by atoms with Crippen molar-refractivity contribution in [2.45, 2.75) is 19.9 Å². The van der Waals surface area contributed by atoms with Gasteiger partial charge in [-0.05, 0) is 43.2 Å². The number of nitriles is 1. The number of H-pyrrole nitrogens is 1. The number of rotatable bonds is 5. The average molecular weight is 504 g/mol. The van der Waals surface area contributed by atoms with E-state index in [2.05, 4.69) is 26.3 Å². The van der Waals surface area contributed by atoms with Crippen LogP contribution in [0, 0.1) is 35.8 Å². The molecule has 5 rings (SSSR count). The number of benzene rings is 2. The second-order valence-electron chi connectivity index (χ2n) is 8.80. The molecule has 0 saturated carbocycles. The van der Waals surface area contributed by atoms with Crippen molar-refractivity contribution in [3.05, 3.63) is 71.6 Å². The number of amidine groups is 1. The van der Waals surface area contributed by atoms with E-state index in [0.717, 1.165) is 28.8 Å². The highest BCUT2D eigenvalue weighted by Gasteiger charge is 2.24. The van der Waals surface area contributed by atoms with E-state index < -0.39 is 17.4 Å². The third kappa shape index (κ3) is 4.69. The second kappa shape index (κ2) is 9.87. The number of aliphatic imine (C=N–C) groups is 1. The van der Waals surface area contributed by atoms with Crippen LogP contribution in [0.4, 0.5) is 14.5 Å². The first kappa shape index (κ1) is 24.2. The Morgan fingerprint density at radius 2 is 2.00 bits per heavy atom. The van der Waals surface area contributed by atoms with Crippen LogP contribution in [-0.4, -0.2) is 40.4 Å². The molecule has 0 amide bonds. The van der Waals surface area contributed by atoms with Gasteiger partial charge in [0.15, 0.2) is 17.4 Å². The van der Waals surface area contributed by atoms with Crippen molar-refractivity contribution in [2.24, 2.45) is 10.9 Å². The maximum absolute atomic E-state index is 15.1. The van der Waals surface area contributed by atoms with Gasteiger partial charge >= 0.3 is 0 Å². The van der Waals surface area contributed by atoms with Crippen LogP contribution in [0.1, 0.15) is 18.1 Å². The highest BCUT2D eigenvalue weighted by molar-refractivity contribution is 5.99. The number of ether oxygens (including phenoxy) is 2. The summed E-state index contributed by atoms with van der Waals surface area (Å²) >= 11 is 0. The van der Waals surface area contributed by atoms with Gasteiger partial charge in [0.05, 0.1) is 36.3 Å². The van der Waals surface area contributed by atoms with Crippen molar-refractivity contribution in [3.63, 3.8) is 0 Å². The second-order valence-corrected chi connectivity index (χ2v) is 8.80. The predicted molar refractivity (Wildman–Crippen MR) is 134 cm³/mol. The number of aliphatic hydroxyl groups is 1. The molecule has 2 aromatic carbocycles. The summed E-state index contributed by atoms with van der Waals surface area (Å²) in [6.07, 6.45) is 3.22. The summed E-state index contributed by atoms with van der Waals surface area (Å²) in [5.41, 5.74) is 3.52. The Bertz CT molecular complexity index is 1540. The molecule has 1 aliphatic heterocycles. The summed E-state index contributed by atoms with van der Waals surface area (Å²) in [7, 11) is 0. The minimum absolute atomic E-state index is 0.0664. The Kier molecular flexibility index (Phi) is 6.46. The van der Waals surface area contributed by atoms with E-state index in [0.29, 0.717) is 16.6 Å². The van der Waals surface area contributed by atoms with Crippen molar-refractivity contribution < 1.29 is 23.4 Å². The number of aromatic amines is 1. The number of nitrogens with zero attached hydrogens (tertiary/aromatic N) is 3. The molecule has 8 nitrogen and oxygen atoms in total. The first-order valence-corrected chi connectivity index (χ1v) is 11.6. The van der Waals surface area contributed by atoms with Crippen LogP contribution in [0.15, 0.2) is 53.8 Å². The molecular weight excluding hydrogens is 480 g/mol. The number of hydrogen-bond donors (Lipinski definition) is 3. The van der Waals surface area contributed by atoms with Gasteiger partial charge < -0.3 is 24.9 Å². The largest absolute Gasteiger partial charge is 0.465 e. The molecule has 0 bridgehead atoms. The fourth-order valence-electron chi connectivity index (χ4n) is 4.25. The zero-order valence-corrected chi connectivity index (χ0v) is 20.0. The van der Waals surface area contributed by atoms with Gasteiger partial charge in [-0.3, -0.25) is 0 Å². The molecule has 188 valence electrons. The quantitative estimate of drug-likeness (QED) is 0.342. The highest BCUT2D eigenvalue weighted by Crippen LogP contribution is 2.39. The number of aliphatic hydroxyl groups excluding tert-OH is 1. The standard InChI is InChI=1S/C27H23F2N5O3/c1-14-7-16(10-30)3-4-19(14)20-11-32-26-24(20)23(5-6-31-26)37-25-21(28)8-18(9-22(25)29)34-27-33-15(2)17(12-35)13-36-27/h3-9,11,15,17,35H,12-13H2,1-2H3,(H,31,32)(H,33,34). The number of anilines is 1. The Morgan fingerprint density at radius 1 is 1.22 bits per heavy atom. The fraction of sp³-hybridized carbons (Fsp3) is 0.222. The van der Waals surface area contributed by atoms with Crippen molar-refractivity contribution in [2.75, 3.05) is 18.5 Å². The number of aromatic nitrogens is 2. The van der Waals surface area contributed by atoms with Gasteiger partial charge in [-0.25, -0.2) is 18.8 Å². The maximum atomic E-state index is 15.1. The number of halogens is 2. The molecule has 0 saturated heterocycles. The normalized spacial score (nSPS) is 17.1. The van der Waals surface area contributed by atoms with Gasteiger partial charge in [-0.1, -0.05) is 6.07 Å². The van der Waals surface area contributed by atoms with Crippen LogP contribution in [0.25, 0.3) is 22.2 Å². The molecule has 4 aromatic rings. The van der Waals surface area contributed by atoms with Crippen molar-refractivity contribution in [1.82, 2.24) is 9.97 Å². The number of nitrogens with one attached hydrogen (secondary N) is 2. The van der Waals surface area contributed by atoms with E-state index in [1.165, 1.54) is 12.3 Å². The average Bonchev–Trinajstić information content (AvgIpc) is 3.31. The summed E-state index contributed by atoms with van der Waals surface area (Å²) < 4.78 is 41.4. The third-order valence-electron chi connectivity index (χ3n) is 6.31. The smallest absolute Gasteiger partial charge is 0.289 e. The number of pyridine rings is 1. The number of hydrogen-bond acceptors (Lipinski definition) is 7. The highest BCUT2D eigenvalue weighted by atomic mass is 19.1. The zero-order chi connectivity index (χ0) is 26.1. The van der Waals surface area contributed by atoms with Crippen LogP contribution in [0.2, 0.25) is 0 Å². The lowest BCUT2D eigenvalue weighted by Crippen LogP contribution is -2.35. The molecule has 1 aliphatic rings. The summed E-state index contributed by atoms with van der Waals surface area (Å²) in [4.78, 5) is 11.7. The molecule has 0 aliphatic carbocycles. The van der Waals surface area contributed by atoms with E-state index in [1.54, 1.807) is 18.3 Å². The van der Waals surface area contributed by atoms with Crippen LogP contribution >= 0.6 is 0 Å². The van der Waals surface area contributed by atoms with E-state index >= 15 is 8.78 Å². The van der Waals surface area contributed by atoms with Crippen molar-refractivity contribution in [1.29, 1.82) is 5.26 Å². The SMILES string of the molecule is Cc1cc(C#N)ccc1-c1c[nH]c2nccc(Oc3c(F)cc(NC4=NC(C)C(CO)CO4)cc3F)c12. The molecule has 2 unspecified atom stereocenters. The summed E-state index contributed by atoms with van der Waals surface area (Å²) in [5, 5.41) is 21.8. The van der Waals surface area contributed by atoms with Crippen LogP contribution in [0.3, 0.4) is 0 Å². The Hall–Kier alpha value is -4.49. The van der Waals surface area contributed by atoms with Gasteiger partial charge in [0.1, 0.15) is 11.4 Å². The van der Waals surface area contributed by atoms with E-state index in [4.69, 9.17) is 9.47 Å². The van der Waals surface area contributed by atoms with E-state index in [-0.39, 0.29) is 42.6 Å². The lowest BCUT2D eigenvalue weighted by Gasteiger charge is -2.26. The van der Waals surface area contributed by atoms with E-state index in [1.807, 2.05) is 19.9 Å². The molecule has 0 spiro atoms. The first-order valence-electron chi connectivity index (χ1n) is 11.6.